The molecular weight excluding hydrogens is 581 g/mol. The van der Waals surface area contributed by atoms with Gasteiger partial charge in [-0.3, -0.25) is 0 Å². The fraction of sp³-hybridized carbons (Fsp3) is 0.261. The third-order valence-corrected chi connectivity index (χ3v) is 9.49. The largest absolute Gasteiger partial charge is 0.372 e. The van der Waals surface area contributed by atoms with Gasteiger partial charge in [0.1, 0.15) is 0 Å². The van der Waals surface area contributed by atoms with Gasteiger partial charge in [0.05, 0.1) is 0 Å². The third kappa shape index (κ3) is 8.00. The van der Waals surface area contributed by atoms with E-state index in [1.54, 1.807) is 0 Å². The standard InChI is InChI=1S/C46H52N2/c1-9-47(10-2)41-22-18-39(19-23-41)45(43-26-16-33(5)28-35(43)7)31-37-14-13-15-38(30-37)32-46(44-27-17-34(6)29-36(44)8)40-20-24-42(25-21-40)48(11-3)12-4/h13-32H,9-12H2,1-8H3/b45-31-,46-32+. The van der Waals surface area contributed by atoms with Crippen molar-refractivity contribution in [2.24, 2.45) is 0 Å². The highest BCUT2D eigenvalue weighted by atomic mass is 15.1. The lowest BCUT2D eigenvalue weighted by Gasteiger charge is -2.22. The molecule has 48 heavy (non-hydrogen) atoms. The average Bonchev–Trinajstić information content (AvgIpc) is 3.09. The van der Waals surface area contributed by atoms with Gasteiger partial charge in [-0.05, 0) is 154 Å². The quantitative estimate of drug-likeness (QED) is 0.126. The Balaban J connectivity index is 1.62. The van der Waals surface area contributed by atoms with Crippen LogP contribution in [0.25, 0.3) is 23.3 Å². The van der Waals surface area contributed by atoms with Gasteiger partial charge in [0, 0.05) is 37.6 Å². The lowest BCUT2D eigenvalue weighted by Crippen LogP contribution is -2.21. The first-order valence-electron chi connectivity index (χ1n) is 17.6. The zero-order valence-corrected chi connectivity index (χ0v) is 30.3. The van der Waals surface area contributed by atoms with Gasteiger partial charge in [-0.15, -0.1) is 0 Å². The van der Waals surface area contributed by atoms with Crippen LogP contribution in [0.4, 0.5) is 11.4 Å². The molecule has 0 atom stereocenters. The highest BCUT2D eigenvalue weighted by Crippen LogP contribution is 2.33. The van der Waals surface area contributed by atoms with Crippen molar-refractivity contribution >= 4 is 34.7 Å². The molecule has 0 spiro atoms. The summed E-state index contributed by atoms with van der Waals surface area (Å²) in [6.45, 7) is 21.6. The van der Waals surface area contributed by atoms with Crippen LogP contribution in [-0.4, -0.2) is 26.2 Å². The van der Waals surface area contributed by atoms with Crippen molar-refractivity contribution in [2.45, 2.75) is 55.4 Å². The number of aryl methyl sites for hydroxylation is 4. The van der Waals surface area contributed by atoms with Crippen molar-refractivity contribution in [2.75, 3.05) is 36.0 Å². The molecule has 0 aliphatic rings. The molecule has 0 aliphatic carbocycles. The summed E-state index contributed by atoms with van der Waals surface area (Å²) in [5.74, 6) is 0. The molecule has 0 N–H and O–H groups in total. The Hall–Kier alpha value is -4.82. The van der Waals surface area contributed by atoms with Crippen LogP contribution in [0.3, 0.4) is 0 Å². The summed E-state index contributed by atoms with van der Waals surface area (Å²) in [5, 5.41) is 0. The van der Waals surface area contributed by atoms with Crippen LogP contribution in [0.15, 0.2) is 109 Å². The van der Waals surface area contributed by atoms with E-state index in [2.05, 4.69) is 187 Å². The summed E-state index contributed by atoms with van der Waals surface area (Å²) in [6, 6.07) is 40.7. The van der Waals surface area contributed by atoms with E-state index in [4.69, 9.17) is 0 Å². The second kappa shape index (κ2) is 15.8. The summed E-state index contributed by atoms with van der Waals surface area (Å²) >= 11 is 0. The van der Waals surface area contributed by atoms with Gasteiger partial charge in [0.2, 0.25) is 0 Å². The van der Waals surface area contributed by atoms with Gasteiger partial charge >= 0.3 is 0 Å². The maximum Gasteiger partial charge on any atom is 0.0366 e. The molecule has 2 heteroatoms. The molecule has 5 aromatic rings. The molecule has 5 rings (SSSR count). The first-order valence-corrected chi connectivity index (χ1v) is 17.6. The zero-order valence-electron chi connectivity index (χ0n) is 30.3. The average molecular weight is 633 g/mol. The van der Waals surface area contributed by atoms with Crippen LogP contribution in [-0.2, 0) is 0 Å². The van der Waals surface area contributed by atoms with Gasteiger partial charge in [0.15, 0.2) is 0 Å². The van der Waals surface area contributed by atoms with E-state index in [9.17, 15) is 0 Å². The zero-order chi connectivity index (χ0) is 34.2. The summed E-state index contributed by atoms with van der Waals surface area (Å²) in [4.78, 5) is 4.79. The van der Waals surface area contributed by atoms with E-state index in [0.717, 1.165) is 26.2 Å². The third-order valence-electron chi connectivity index (χ3n) is 9.49. The van der Waals surface area contributed by atoms with Crippen LogP contribution < -0.4 is 9.80 Å². The SMILES string of the molecule is CCN(CC)c1ccc(/C(=C/c2cccc(/C=C(\c3ccc(N(CC)CC)cc3)c3ccc(C)cc3C)c2)c2ccc(C)cc2C)cc1. The number of anilines is 2. The lowest BCUT2D eigenvalue weighted by atomic mass is 9.90. The Labute approximate surface area is 290 Å². The number of nitrogens with zero attached hydrogens (tertiary/aromatic N) is 2. The van der Waals surface area contributed by atoms with Crippen LogP contribution >= 0.6 is 0 Å². The van der Waals surface area contributed by atoms with Crippen molar-refractivity contribution < 1.29 is 0 Å². The second-order valence-electron chi connectivity index (χ2n) is 12.9. The van der Waals surface area contributed by atoms with Crippen LogP contribution in [0.1, 0.15) is 83.3 Å². The number of hydrogen-bond donors (Lipinski definition) is 0. The van der Waals surface area contributed by atoms with E-state index in [0.29, 0.717) is 0 Å². The molecule has 0 saturated heterocycles. The lowest BCUT2D eigenvalue weighted by molar-refractivity contribution is 0.866. The van der Waals surface area contributed by atoms with Crippen molar-refractivity contribution in [3.05, 3.63) is 165 Å². The van der Waals surface area contributed by atoms with Gasteiger partial charge < -0.3 is 9.80 Å². The van der Waals surface area contributed by atoms with Crippen LogP contribution in [0.2, 0.25) is 0 Å². The Morgan fingerprint density at radius 3 is 1.17 bits per heavy atom. The van der Waals surface area contributed by atoms with E-state index in [-0.39, 0.29) is 0 Å². The fourth-order valence-electron chi connectivity index (χ4n) is 6.82. The highest BCUT2D eigenvalue weighted by molar-refractivity contribution is 5.95. The Morgan fingerprint density at radius 2 is 0.833 bits per heavy atom. The minimum atomic E-state index is 1.00. The molecule has 246 valence electrons. The topological polar surface area (TPSA) is 6.48 Å². The van der Waals surface area contributed by atoms with Gasteiger partial charge in [-0.25, -0.2) is 0 Å². The molecule has 5 aromatic carbocycles. The van der Waals surface area contributed by atoms with E-state index < -0.39 is 0 Å². The monoisotopic (exact) mass is 632 g/mol. The number of hydrogen-bond acceptors (Lipinski definition) is 2. The molecule has 0 aromatic heterocycles. The number of rotatable bonds is 12. The second-order valence-corrected chi connectivity index (χ2v) is 12.9. The molecule has 0 amide bonds. The smallest absolute Gasteiger partial charge is 0.0366 e. The maximum atomic E-state index is 2.39. The Morgan fingerprint density at radius 1 is 0.458 bits per heavy atom. The summed E-state index contributed by atoms with van der Waals surface area (Å²) in [5.41, 5.74) is 17.5. The normalized spacial score (nSPS) is 11.9. The fourth-order valence-corrected chi connectivity index (χ4v) is 6.82. The highest BCUT2D eigenvalue weighted by Gasteiger charge is 2.13. The van der Waals surface area contributed by atoms with Crippen LogP contribution in [0.5, 0.6) is 0 Å². The maximum absolute atomic E-state index is 2.39. The molecule has 0 fully saturated rings. The minimum absolute atomic E-state index is 1.00. The van der Waals surface area contributed by atoms with Crippen molar-refractivity contribution in [1.29, 1.82) is 0 Å². The molecule has 0 unspecified atom stereocenters. The minimum Gasteiger partial charge on any atom is -0.372 e. The molecule has 0 aliphatic heterocycles. The molecule has 2 nitrogen and oxygen atoms in total. The molecule has 0 radical (unpaired) electrons. The van der Waals surface area contributed by atoms with Crippen molar-refractivity contribution in [3.8, 4) is 0 Å². The number of benzene rings is 5. The first-order chi connectivity index (χ1) is 23.2. The van der Waals surface area contributed by atoms with E-state index in [1.165, 1.54) is 78.2 Å². The van der Waals surface area contributed by atoms with Gasteiger partial charge in [-0.1, -0.05) is 90.0 Å². The Kier molecular flexibility index (Phi) is 11.4. The van der Waals surface area contributed by atoms with Crippen molar-refractivity contribution in [3.63, 3.8) is 0 Å². The van der Waals surface area contributed by atoms with Gasteiger partial charge in [-0.2, -0.15) is 0 Å². The predicted octanol–water partition coefficient (Wildman–Crippen LogP) is 11.8. The van der Waals surface area contributed by atoms with E-state index in [1.807, 2.05) is 0 Å². The molecule has 0 saturated carbocycles. The Bertz CT molecular complexity index is 1750. The summed E-state index contributed by atoms with van der Waals surface area (Å²) in [6.07, 6.45) is 4.72. The summed E-state index contributed by atoms with van der Waals surface area (Å²) < 4.78 is 0. The predicted molar refractivity (Wildman–Crippen MR) is 212 cm³/mol. The summed E-state index contributed by atoms with van der Waals surface area (Å²) in [7, 11) is 0. The van der Waals surface area contributed by atoms with E-state index >= 15 is 0 Å². The van der Waals surface area contributed by atoms with Crippen LogP contribution in [0, 0.1) is 27.7 Å². The van der Waals surface area contributed by atoms with Gasteiger partial charge in [0.25, 0.3) is 0 Å². The molecule has 0 bridgehead atoms. The first kappa shape index (κ1) is 34.5. The molecular formula is C46H52N2. The molecule has 0 heterocycles. The van der Waals surface area contributed by atoms with Crippen molar-refractivity contribution in [1.82, 2.24) is 0 Å².